The number of hydrogen-bond acceptors (Lipinski definition) is 3. The number of aryl methyl sites for hydroxylation is 2. The highest BCUT2D eigenvalue weighted by molar-refractivity contribution is 6.31. The summed E-state index contributed by atoms with van der Waals surface area (Å²) in [5, 5.41) is 12.4. The summed E-state index contributed by atoms with van der Waals surface area (Å²) in [7, 11) is 0. The average molecular weight is 344 g/mol. The number of nitrogens with one attached hydrogen (secondary N) is 1. The van der Waals surface area contributed by atoms with Crippen LogP contribution in [0, 0.1) is 6.92 Å². The number of benzene rings is 1. The van der Waals surface area contributed by atoms with Crippen molar-refractivity contribution >= 4 is 22.5 Å². The number of aromatic amines is 1. The van der Waals surface area contributed by atoms with Crippen molar-refractivity contribution in [2.24, 2.45) is 0 Å². The second kappa shape index (κ2) is 5.84. The van der Waals surface area contributed by atoms with Gasteiger partial charge in [-0.1, -0.05) is 11.6 Å². The van der Waals surface area contributed by atoms with Gasteiger partial charge in [0.2, 0.25) is 5.82 Å². The van der Waals surface area contributed by atoms with Gasteiger partial charge in [0.15, 0.2) is 0 Å². The lowest BCUT2D eigenvalue weighted by molar-refractivity contribution is -0.135. The Morgan fingerprint density at radius 3 is 2.74 bits per heavy atom. The number of halogens is 4. The minimum absolute atomic E-state index is 0.0563. The van der Waals surface area contributed by atoms with Crippen LogP contribution in [0.3, 0.4) is 0 Å². The van der Waals surface area contributed by atoms with Crippen molar-refractivity contribution in [3.8, 4) is 11.5 Å². The third kappa shape index (κ3) is 3.47. The molecule has 0 fully saturated rings. The summed E-state index contributed by atoms with van der Waals surface area (Å²) in [5.74, 6) is 1.04. The van der Waals surface area contributed by atoms with E-state index in [1.54, 1.807) is 25.1 Å². The van der Waals surface area contributed by atoms with Crippen LogP contribution in [-0.4, -0.2) is 31.1 Å². The fraction of sp³-hybridized carbons (Fsp3) is 0.357. The molecule has 0 saturated heterocycles. The van der Waals surface area contributed by atoms with E-state index < -0.39 is 12.6 Å². The van der Waals surface area contributed by atoms with Gasteiger partial charge in [0.1, 0.15) is 11.5 Å². The Balaban J connectivity index is 1.99. The van der Waals surface area contributed by atoms with Gasteiger partial charge in [-0.3, -0.25) is 9.78 Å². The predicted molar refractivity (Wildman–Crippen MR) is 80.1 cm³/mol. The van der Waals surface area contributed by atoms with E-state index in [0.717, 1.165) is 5.39 Å². The lowest BCUT2D eigenvalue weighted by atomic mass is 10.2. The fourth-order valence-corrected chi connectivity index (χ4v) is 2.53. The van der Waals surface area contributed by atoms with Crippen LogP contribution in [0.4, 0.5) is 13.2 Å². The van der Waals surface area contributed by atoms with Crippen LogP contribution in [0.15, 0.2) is 18.2 Å². The van der Waals surface area contributed by atoms with Gasteiger partial charge in [0.05, 0.1) is 5.52 Å². The molecule has 1 N–H and O–H groups in total. The van der Waals surface area contributed by atoms with Crippen molar-refractivity contribution in [3.63, 3.8) is 0 Å². The smallest absolute Gasteiger partial charge is 0.264 e. The van der Waals surface area contributed by atoms with Gasteiger partial charge in [-0.15, -0.1) is 0 Å². The molecule has 122 valence electrons. The number of aromatic nitrogens is 5. The highest BCUT2D eigenvalue weighted by atomic mass is 35.5. The lowest BCUT2D eigenvalue weighted by Gasteiger charge is -2.06. The molecule has 1 aromatic carbocycles. The predicted octanol–water partition coefficient (Wildman–Crippen LogP) is 4.13. The Bertz CT molecular complexity index is 837. The Morgan fingerprint density at radius 1 is 1.30 bits per heavy atom. The molecule has 2 heterocycles. The molecule has 0 radical (unpaired) electrons. The highest BCUT2D eigenvalue weighted by Crippen LogP contribution is 2.29. The van der Waals surface area contributed by atoms with Crippen LogP contribution in [-0.2, 0) is 6.54 Å². The SMILES string of the molecule is Cc1nc(-c2nn(CCCC(F)(F)F)c3cc(Cl)ccc23)n[nH]1. The molecule has 23 heavy (non-hydrogen) atoms. The van der Waals surface area contributed by atoms with E-state index in [9.17, 15) is 13.2 Å². The van der Waals surface area contributed by atoms with Gasteiger partial charge < -0.3 is 0 Å². The Kier molecular flexibility index (Phi) is 4.01. The van der Waals surface area contributed by atoms with Crippen LogP contribution in [0.25, 0.3) is 22.4 Å². The lowest BCUT2D eigenvalue weighted by Crippen LogP contribution is -2.10. The zero-order valence-electron chi connectivity index (χ0n) is 12.2. The number of alkyl halides is 3. The molecule has 0 unspecified atom stereocenters. The maximum atomic E-state index is 12.3. The monoisotopic (exact) mass is 343 g/mol. The summed E-state index contributed by atoms with van der Waals surface area (Å²) in [6.07, 6.45) is -5.09. The number of rotatable bonds is 4. The van der Waals surface area contributed by atoms with E-state index in [-0.39, 0.29) is 13.0 Å². The molecule has 0 spiro atoms. The van der Waals surface area contributed by atoms with E-state index in [4.69, 9.17) is 11.6 Å². The van der Waals surface area contributed by atoms with Crippen molar-refractivity contribution in [1.29, 1.82) is 0 Å². The molecule has 2 aromatic heterocycles. The molecule has 5 nitrogen and oxygen atoms in total. The minimum Gasteiger partial charge on any atom is -0.264 e. The number of nitrogens with zero attached hydrogens (tertiary/aromatic N) is 4. The van der Waals surface area contributed by atoms with Gasteiger partial charge in [-0.2, -0.15) is 23.4 Å². The Hall–Kier alpha value is -2.09. The van der Waals surface area contributed by atoms with Gasteiger partial charge in [0.25, 0.3) is 0 Å². The van der Waals surface area contributed by atoms with Gasteiger partial charge in [-0.05, 0) is 31.5 Å². The average Bonchev–Trinajstić information content (AvgIpc) is 3.02. The summed E-state index contributed by atoms with van der Waals surface area (Å²) in [5.41, 5.74) is 1.19. The number of hydrogen-bond donors (Lipinski definition) is 1. The van der Waals surface area contributed by atoms with E-state index in [1.807, 2.05) is 0 Å². The summed E-state index contributed by atoms with van der Waals surface area (Å²) < 4.78 is 38.5. The molecule has 0 bridgehead atoms. The van der Waals surface area contributed by atoms with Gasteiger partial charge in [0, 0.05) is 23.4 Å². The number of H-pyrrole nitrogens is 1. The van der Waals surface area contributed by atoms with Crippen LogP contribution < -0.4 is 0 Å². The summed E-state index contributed by atoms with van der Waals surface area (Å²) in [6, 6.07) is 5.15. The molecular weight excluding hydrogens is 331 g/mol. The van der Waals surface area contributed by atoms with Crippen LogP contribution >= 0.6 is 11.6 Å². The van der Waals surface area contributed by atoms with E-state index in [1.165, 1.54) is 4.68 Å². The van der Waals surface area contributed by atoms with Crippen molar-refractivity contribution in [3.05, 3.63) is 29.0 Å². The molecule has 0 saturated carbocycles. The van der Waals surface area contributed by atoms with Gasteiger partial charge >= 0.3 is 6.18 Å². The van der Waals surface area contributed by atoms with E-state index in [0.29, 0.717) is 27.9 Å². The molecule has 0 amide bonds. The zero-order chi connectivity index (χ0) is 16.6. The van der Waals surface area contributed by atoms with E-state index >= 15 is 0 Å². The maximum absolute atomic E-state index is 12.3. The minimum atomic E-state index is -4.18. The first-order valence-corrected chi connectivity index (χ1v) is 7.33. The summed E-state index contributed by atoms with van der Waals surface area (Å²) >= 11 is 6.00. The normalized spacial score (nSPS) is 12.2. The van der Waals surface area contributed by atoms with Crippen LogP contribution in [0.2, 0.25) is 5.02 Å². The molecule has 0 aliphatic carbocycles. The first-order valence-electron chi connectivity index (χ1n) is 6.96. The number of fused-ring (bicyclic) bond motifs is 1. The van der Waals surface area contributed by atoms with Crippen molar-refractivity contribution in [2.75, 3.05) is 0 Å². The first kappa shape index (κ1) is 15.8. The molecule has 3 rings (SSSR count). The van der Waals surface area contributed by atoms with Crippen molar-refractivity contribution < 1.29 is 13.2 Å². The Morgan fingerprint density at radius 2 is 2.09 bits per heavy atom. The third-order valence-corrected chi connectivity index (χ3v) is 3.59. The second-order valence-electron chi connectivity index (χ2n) is 5.20. The largest absolute Gasteiger partial charge is 0.389 e. The zero-order valence-corrected chi connectivity index (χ0v) is 12.9. The fourth-order valence-electron chi connectivity index (χ4n) is 2.36. The molecule has 0 atom stereocenters. The summed E-state index contributed by atoms with van der Waals surface area (Å²) in [6.45, 7) is 1.90. The molecule has 9 heteroatoms. The maximum Gasteiger partial charge on any atom is 0.389 e. The van der Waals surface area contributed by atoms with Crippen LogP contribution in [0.5, 0.6) is 0 Å². The molecule has 3 aromatic rings. The standard InChI is InChI=1S/C14H13ClF3N5/c1-8-19-13(21-20-8)12-10-4-3-9(15)7-11(10)23(22-12)6-2-5-14(16,17)18/h3-4,7H,2,5-6H2,1H3,(H,19,20,21). The Labute approximate surface area is 134 Å². The first-order chi connectivity index (χ1) is 10.8. The molecule has 0 aliphatic heterocycles. The van der Waals surface area contributed by atoms with Crippen LogP contribution in [0.1, 0.15) is 18.7 Å². The van der Waals surface area contributed by atoms with Crippen molar-refractivity contribution in [2.45, 2.75) is 32.5 Å². The second-order valence-corrected chi connectivity index (χ2v) is 5.63. The van der Waals surface area contributed by atoms with Crippen molar-refractivity contribution in [1.82, 2.24) is 25.0 Å². The van der Waals surface area contributed by atoms with E-state index in [2.05, 4.69) is 20.3 Å². The topological polar surface area (TPSA) is 59.4 Å². The highest BCUT2D eigenvalue weighted by Gasteiger charge is 2.26. The quantitative estimate of drug-likeness (QED) is 0.775. The third-order valence-electron chi connectivity index (χ3n) is 3.35. The van der Waals surface area contributed by atoms with Gasteiger partial charge in [-0.25, -0.2) is 4.98 Å². The summed E-state index contributed by atoms with van der Waals surface area (Å²) in [4.78, 5) is 4.23. The molecular formula is C14H13ClF3N5. The molecule has 0 aliphatic rings.